The summed E-state index contributed by atoms with van der Waals surface area (Å²) < 4.78 is 24.4. The van der Waals surface area contributed by atoms with Gasteiger partial charge in [-0.15, -0.1) is 0 Å². The van der Waals surface area contributed by atoms with Crippen LogP contribution in [0.2, 0.25) is 0 Å². The van der Waals surface area contributed by atoms with Crippen molar-refractivity contribution in [3.05, 3.63) is 29.7 Å². The number of rotatable bonds is 5. The zero-order chi connectivity index (χ0) is 17.8. The molecule has 0 unspecified atom stereocenters. The number of hydrogen-bond donors (Lipinski definition) is 2. The van der Waals surface area contributed by atoms with Gasteiger partial charge in [-0.25, -0.2) is 19.2 Å². The van der Waals surface area contributed by atoms with Gasteiger partial charge >= 0.3 is 6.09 Å². The Morgan fingerprint density at radius 1 is 1.36 bits per heavy atom. The van der Waals surface area contributed by atoms with Crippen molar-refractivity contribution in [3.8, 4) is 5.88 Å². The molecule has 3 N–H and O–H groups in total. The molecular formula is C17H21FN4O3. The average Bonchev–Trinajstić information content (AvgIpc) is 2.61. The predicted molar refractivity (Wildman–Crippen MR) is 89.6 cm³/mol. The molecule has 8 heteroatoms. The summed E-state index contributed by atoms with van der Waals surface area (Å²) in [6, 6.07) is 3.23. The highest BCUT2D eigenvalue weighted by molar-refractivity contribution is 5.78. The summed E-state index contributed by atoms with van der Waals surface area (Å²) in [4.78, 5) is 19.4. The van der Waals surface area contributed by atoms with E-state index in [0.29, 0.717) is 29.0 Å². The lowest BCUT2D eigenvalue weighted by molar-refractivity contribution is 0.0756. The van der Waals surface area contributed by atoms with Gasteiger partial charge in [0.25, 0.3) is 0 Å². The smallest absolute Gasteiger partial charge is 0.404 e. The number of primary amides is 1. The SMILES string of the molecule is COc1cnc2ccc(F)c(CNC3CCC(OC(N)=O)CC3)c2n1. The highest BCUT2D eigenvalue weighted by Crippen LogP contribution is 2.24. The van der Waals surface area contributed by atoms with E-state index in [1.807, 2.05) is 0 Å². The third kappa shape index (κ3) is 4.14. The highest BCUT2D eigenvalue weighted by Gasteiger charge is 2.23. The number of halogens is 1. The van der Waals surface area contributed by atoms with Crippen molar-refractivity contribution >= 4 is 17.1 Å². The van der Waals surface area contributed by atoms with Gasteiger partial charge in [-0.2, -0.15) is 0 Å². The van der Waals surface area contributed by atoms with Gasteiger partial charge in [-0.1, -0.05) is 0 Å². The second-order valence-electron chi connectivity index (χ2n) is 6.10. The maximum absolute atomic E-state index is 14.3. The molecule has 2 aromatic rings. The number of ether oxygens (including phenoxy) is 2. The zero-order valence-electron chi connectivity index (χ0n) is 14.0. The van der Waals surface area contributed by atoms with Crippen LogP contribution in [-0.2, 0) is 11.3 Å². The molecule has 0 radical (unpaired) electrons. The van der Waals surface area contributed by atoms with Gasteiger partial charge in [0, 0.05) is 18.2 Å². The van der Waals surface area contributed by atoms with Crippen LogP contribution in [0.5, 0.6) is 5.88 Å². The van der Waals surface area contributed by atoms with Crippen molar-refractivity contribution in [2.24, 2.45) is 5.73 Å². The Kier molecular flexibility index (Phi) is 5.28. The Balaban J connectivity index is 1.67. The Labute approximate surface area is 144 Å². The van der Waals surface area contributed by atoms with E-state index in [4.69, 9.17) is 15.2 Å². The molecule has 1 saturated carbocycles. The predicted octanol–water partition coefficient (Wildman–Crippen LogP) is 2.27. The van der Waals surface area contributed by atoms with Gasteiger partial charge in [-0.05, 0) is 37.8 Å². The van der Waals surface area contributed by atoms with E-state index >= 15 is 0 Å². The fourth-order valence-corrected chi connectivity index (χ4v) is 3.15. The molecule has 1 aromatic carbocycles. The average molecular weight is 348 g/mol. The number of amides is 1. The number of nitrogens with zero attached hydrogens (tertiary/aromatic N) is 2. The summed E-state index contributed by atoms with van der Waals surface area (Å²) in [7, 11) is 1.50. The van der Waals surface area contributed by atoms with Crippen LogP contribution in [0, 0.1) is 5.82 Å². The Morgan fingerprint density at radius 2 is 2.12 bits per heavy atom. The van der Waals surface area contributed by atoms with Gasteiger partial charge in [-0.3, -0.25) is 0 Å². The normalized spacial score (nSPS) is 20.4. The van der Waals surface area contributed by atoms with Gasteiger partial charge in [0.1, 0.15) is 17.4 Å². The molecule has 0 spiro atoms. The quantitative estimate of drug-likeness (QED) is 0.860. The number of carbonyl (C=O) groups is 1. The number of aromatic nitrogens is 2. The molecule has 1 aliphatic rings. The second-order valence-corrected chi connectivity index (χ2v) is 6.10. The summed E-state index contributed by atoms with van der Waals surface area (Å²) in [6.45, 7) is 0.344. The molecule has 1 aromatic heterocycles. The summed E-state index contributed by atoms with van der Waals surface area (Å²) in [5, 5.41) is 3.36. The molecular weight excluding hydrogens is 327 g/mol. The van der Waals surface area contributed by atoms with Crippen LogP contribution in [-0.4, -0.2) is 35.3 Å². The number of nitrogens with one attached hydrogen (secondary N) is 1. The molecule has 1 amide bonds. The third-order valence-corrected chi connectivity index (χ3v) is 4.47. The first-order valence-corrected chi connectivity index (χ1v) is 8.24. The van der Waals surface area contributed by atoms with Crippen molar-refractivity contribution in [2.45, 2.75) is 44.4 Å². The molecule has 1 heterocycles. The van der Waals surface area contributed by atoms with Crippen molar-refractivity contribution in [1.82, 2.24) is 15.3 Å². The van der Waals surface area contributed by atoms with Crippen molar-refractivity contribution in [1.29, 1.82) is 0 Å². The minimum absolute atomic E-state index is 0.125. The van der Waals surface area contributed by atoms with E-state index in [1.165, 1.54) is 19.4 Å². The number of carbonyl (C=O) groups excluding carboxylic acids is 1. The molecule has 134 valence electrons. The van der Waals surface area contributed by atoms with E-state index < -0.39 is 6.09 Å². The minimum Gasteiger partial charge on any atom is -0.480 e. The lowest BCUT2D eigenvalue weighted by atomic mass is 9.93. The standard InChI is InChI=1S/C17H21FN4O3/c1-24-15-9-21-14-7-6-13(18)12(16(14)22-15)8-20-10-2-4-11(5-3-10)25-17(19)23/h6-7,9-11,20H,2-5,8H2,1H3,(H2,19,23). The summed E-state index contributed by atoms with van der Waals surface area (Å²) in [5.74, 6) is 0.0248. The summed E-state index contributed by atoms with van der Waals surface area (Å²) in [6.07, 6.45) is 3.80. The zero-order valence-corrected chi connectivity index (χ0v) is 14.0. The summed E-state index contributed by atoms with van der Waals surface area (Å²) >= 11 is 0. The highest BCUT2D eigenvalue weighted by atomic mass is 19.1. The van der Waals surface area contributed by atoms with Crippen LogP contribution in [0.4, 0.5) is 9.18 Å². The topological polar surface area (TPSA) is 99.4 Å². The number of fused-ring (bicyclic) bond motifs is 1. The van der Waals surface area contributed by atoms with Crippen molar-refractivity contribution in [2.75, 3.05) is 7.11 Å². The molecule has 3 rings (SSSR count). The summed E-state index contributed by atoms with van der Waals surface area (Å²) in [5.41, 5.74) is 6.64. The monoisotopic (exact) mass is 348 g/mol. The van der Waals surface area contributed by atoms with E-state index in [0.717, 1.165) is 25.7 Å². The first-order chi connectivity index (χ1) is 12.1. The van der Waals surface area contributed by atoms with E-state index in [1.54, 1.807) is 6.07 Å². The van der Waals surface area contributed by atoms with Crippen molar-refractivity contribution in [3.63, 3.8) is 0 Å². The number of nitrogens with two attached hydrogens (primary N) is 1. The number of hydrogen-bond acceptors (Lipinski definition) is 6. The third-order valence-electron chi connectivity index (χ3n) is 4.47. The van der Waals surface area contributed by atoms with Crippen LogP contribution < -0.4 is 15.8 Å². The molecule has 0 atom stereocenters. The molecule has 25 heavy (non-hydrogen) atoms. The molecule has 1 fully saturated rings. The van der Waals surface area contributed by atoms with Crippen LogP contribution in [0.1, 0.15) is 31.2 Å². The van der Waals surface area contributed by atoms with Gasteiger partial charge in [0.05, 0.1) is 18.8 Å². The van der Waals surface area contributed by atoms with Gasteiger partial charge in [0.2, 0.25) is 5.88 Å². The molecule has 1 aliphatic carbocycles. The molecule has 0 saturated heterocycles. The van der Waals surface area contributed by atoms with E-state index in [-0.39, 0.29) is 18.0 Å². The Morgan fingerprint density at radius 3 is 2.80 bits per heavy atom. The second kappa shape index (κ2) is 7.60. The van der Waals surface area contributed by atoms with Crippen LogP contribution in [0.25, 0.3) is 11.0 Å². The Hall–Kier alpha value is -2.48. The van der Waals surface area contributed by atoms with E-state index in [9.17, 15) is 9.18 Å². The first kappa shape index (κ1) is 17.3. The fourth-order valence-electron chi connectivity index (χ4n) is 3.15. The van der Waals surface area contributed by atoms with E-state index in [2.05, 4.69) is 15.3 Å². The molecule has 0 bridgehead atoms. The first-order valence-electron chi connectivity index (χ1n) is 8.24. The molecule has 0 aliphatic heterocycles. The molecule has 7 nitrogen and oxygen atoms in total. The van der Waals surface area contributed by atoms with Crippen LogP contribution in [0.3, 0.4) is 0 Å². The van der Waals surface area contributed by atoms with Crippen LogP contribution >= 0.6 is 0 Å². The number of benzene rings is 1. The fraction of sp³-hybridized carbons (Fsp3) is 0.471. The van der Waals surface area contributed by atoms with Crippen LogP contribution in [0.15, 0.2) is 18.3 Å². The van der Waals surface area contributed by atoms with Gasteiger partial charge < -0.3 is 20.5 Å². The lowest BCUT2D eigenvalue weighted by Crippen LogP contribution is -2.36. The van der Waals surface area contributed by atoms with Crippen molar-refractivity contribution < 1.29 is 18.7 Å². The maximum atomic E-state index is 14.3. The lowest BCUT2D eigenvalue weighted by Gasteiger charge is -2.28. The largest absolute Gasteiger partial charge is 0.480 e. The maximum Gasteiger partial charge on any atom is 0.404 e. The minimum atomic E-state index is -0.734. The number of methoxy groups -OCH3 is 1. The Bertz CT molecular complexity index is 763. The van der Waals surface area contributed by atoms with Gasteiger partial charge in [0.15, 0.2) is 0 Å².